The van der Waals surface area contributed by atoms with Crippen molar-refractivity contribution in [3.63, 3.8) is 0 Å². The quantitative estimate of drug-likeness (QED) is 0.590. The van der Waals surface area contributed by atoms with Crippen molar-refractivity contribution in [2.45, 2.75) is 12.5 Å². The van der Waals surface area contributed by atoms with Gasteiger partial charge < -0.3 is 15.9 Å². The number of ketones is 1. The Morgan fingerprint density at radius 1 is 1.64 bits per heavy atom. The topological polar surface area (TPSA) is 101 Å². The van der Waals surface area contributed by atoms with Gasteiger partial charge in [0.2, 0.25) is 0 Å². The molecule has 1 rings (SSSR count). The number of aliphatic hydroxyl groups excluding tert-OH is 1. The Labute approximate surface area is 80.5 Å². The maximum Gasteiger partial charge on any atom is 0.320 e. The molecule has 1 aliphatic carbocycles. The number of carboxylic acids is 1. The molecule has 2 atom stereocenters. The minimum atomic E-state index is -1.13. The fourth-order valence-electron chi connectivity index (χ4n) is 1.18. The standard InChI is InChI=1S/C9H11NO4/c10-7(9(13)14)3-5-1-2-6(11)4-8(5)12/h1-2,4-5,7,11H,3,10H2,(H,13,14). The molecule has 0 aromatic carbocycles. The smallest absolute Gasteiger partial charge is 0.320 e. The van der Waals surface area contributed by atoms with E-state index < -0.39 is 17.9 Å². The molecule has 0 bridgehead atoms. The van der Waals surface area contributed by atoms with Gasteiger partial charge in [-0.25, -0.2) is 0 Å². The van der Waals surface area contributed by atoms with Crippen LogP contribution in [0.1, 0.15) is 6.42 Å². The summed E-state index contributed by atoms with van der Waals surface area (Å²) in [6.45, 7) is 0. The number of nitrogens with two attached hydrogens (primary N) is 1. The van der Waals surface area contributed by atoms with Crippen LogP contribution in [0.2, 0.25) is 0 Å². The van der Waals surface area contributed by atoms with Crippen molar-refractivity contribution in [1.82, 2.24) is 0 Å². The first-order valence-electron chi connectivity index (χ1n) is 4.12. The van der Waals surface area contributed by atoms with E-state index in [2.05, 4.69) is 0 Å². The van der Waals surface area contributed by atoms with Crippen molar-refractivity contribution < 1.29 is 19.8 Å². The summed E-state index contributed by atoms with van der Waals surface area (Å²) in [5.41, 5.74) is 5.28. The van der Waals surface area contributed by atoms with Crippen LogP contribution in [0, 0.1) is 5.92 Å². The third-order valence-electron chi connectivity index (χ3n) is 1.98. The summed E-state index contributed by atoms with van der Waals surface area (Å²) in [7, 11) is 0. The third-order valence-corrected chi connectivity index (χ3v) is 1.98. The maximum absolute atomic E-state index is 11.2. The van der Waals surface area contributed by atoms with E-state index in [0.717, 1.165) is 6.08 Å². The Balaban J connectivity index is 2.61. The van der Waals surface area contributed by atoms with Crippen LogP contribution >= 0.6 is 0 Å². The number of carboxylic acid groups (broad SMARTS) is 1. The van der Waals surface area contributed by atoms with E-state index >= 15 is 0 Å². The lowest BCUT2D eigenvalue weighted by molar-refractivity contribution is -0.138. The number of carbonyl (C=O) groups excluding carboxylic acids is 1. The summed E-state index contributed by atoms with van der Waals surface area (Å²) in [4.78, 5) is 21.6. The Morgan fingerprint density at radius 2 is 2.29 bits per heavy atom. The predicted molar refractivity (Wildman–Crippen MR) is 48.6 cm³/mol. The number of hydrogen-bond acceptors (Lipinski definition) is 4. The van der Waals surface area contributed by atoms with E-state index in [4.69, 9.17) is 15.9 Å². The average molecular weight is 197 g/mol. The van der Waals surface area contributed by atoms with Crippen molar-refractivity contribution in [3.8, 4) is 0 Å². The molecule has 0 aliphatic heterocycles. The molecule has 0 fully saturated rings. The van der Waals surface area contributed by atoms with Crippen LogP contribution in [0.5, 0.6) is 0 Å². The molecule has 0 heterocycles. The highest BCUT2D eigenvalue weighted by Crippen LogP contribution is 2.16. The predicted octanol–water partition coefficient (Wildman–Crippen LogP) is -0.0146. The molecule has 5 heteroatoms. The summed E-state index contributed by atoms with van der Waals surface area (Å²) in [5.74, 6) is -2.11. The normalized spacial score (nSPS) is 23.1. The highest BCUT2D eigenvalue weighted by molar-refractivity contribution is 5.95. The molecule has 5 nitrogen and oxygen atoms in total. The van der Waals surface area contributed by atoms with Crippen molar-refractivity contribution in [2.75, 3.05) is 0 Å². The van der Waals surface area contributed by atoms with E-state index in [-0.39, 0.29) is 18.0 Å². The van der Waals surface area contributed by atoms with E-state index in [9.17, 15) is 9.59 Å². The van der Waals surface area contributed by atoms with E-state index in [1.54, 1.807) is 0 Å². The first-order valence-corrected chi connectivity index (χ1v) is 4.12. The molecule has 0 amide bonds. The number of allylic oxidation sites excluding steroid dienone is 3. The first-order chi connectivity index (χ1) is 6.50. The molecule has 4 N–H and O–H groups in total. The van der Waals surface area contributed by atoms with E-state index in [1.165, 1.54) is 12.2 Å². The summed E-state index contributed by atoms with van der Waals surface area (Å²) >= 11 is 0. The fourth-order valence-corrected chi connectivity index (χ4v) is 1.18. The lowest BCUT2D eigenvalue weighted by Gasteiger charge is -2.14. The van der Waals surface area contributed by atoms with Gasteiger partial charge in [-0.15, -0.1) is 0 Å². The summed E-state index contributed by atoms with van der Waals surface area (Å²) in [6.07, 6.45) is 3.94. The molecule has 0 saturated heterocycles. The molecular weight excluding hydrogens is 186 g/mol. The van der Waals surface area contributed by atoms with Gasteiger partial charge in [0.1, 0.15) is 11.8 Å². The molecule has 76 valence electrons. The Kier molecular flexibility index (Phi) is 3.03. The number of carbonyl (C=O) groups is 2. The lowest BCUT2D eigenvalue weighted by atomic mass is 9.92. The zero-order valence-corrected chi connectivity index (χ0v) is 7.38. The lowest BCUT2D eigenvalue weighted by Crippen LogP contribution is -2.34. The maximum atomic E-state index is 11.2. The highest BCUT2D eigenvalue weighted by Gasteiger charge is 2.23. The van der Waals surface area contributed by atoms with Gasteiger partial charge in [0.25, 0.3) is 0 Å². The summed E-state index contributed by atoms with van der Waals surface area (Å²) < 4.78 is 0. The van der Waals surface area contributed by atoms with E-state index in [0.29, 0.717) is 0 Å². The van der Waals surface area contributed by atoms with Gasteiger partial charge >= 0.3 is 5.97 Å². The zero-order valence-electron chi connectivity index (χ0n) is 7.38. The second kappa shape index (κ2) is 4.06. The Morgan fingerprint density at radius 3 is 2.79 bits per heavy atom. The van der Waals surface area contributed by atoms with Gasteiger partial charge in [-0.1, -0.05) is 6.08 Å². The van der Waals surface area contributed by atoms with Crippen LogP contribution in [-0.4, -0.2) is 28.0 Å². The zero-order chi connectivity index (χ0) is 10.7. The average Bonchev–Trinajstić information content (AvgIpc) is 2.09. The summed E-state index contributed by atoms with van der Waals surface area (Å²) in [5, 5.41) is 17.5. The molecule has 0 aromatic heterocycles. The van der Waals surface area contributed by atoms with Crippen molar-refractivity contribution in [2.24, 2.45) is 11.7 Å². The van der Waals surface area contributed by atoms with Gasteiger partial charge in [-0.3, -0.25) is 9.59 Å². The molecule has 0 spiro atoms. The largest absolute Gasteiger partial charge is 0.508 e. The third kappa shape index (κ3) is 2.43. The summed E-state index contributed by atoms with van der Waals surface area (Å²) in [6, 6.07) is -1.05. The highest BCUT2D eigenvalue weighted by atomic mass is 16.4. The van der Waals surface area contributed by atoms with E-state index in [1.807, 2.05) is 0 Å². The number of rotatable bonds is 3. The minimum absolute atomic E-state index is 0.0500. The number of aliphatic carboxylic acids is 1. The number of aliphatic hydroxyl groups is 1. The molecule has 2 unspecified atom stereocenters. The van der Waals surface area contributed by atoms with Crippen LogP contribution < -0.4 is 5.73 Å². The Bertz CT molecular complexity index is 319. The molecule has 0 radical (unpaired) electrons. The van der Waals surface area contributed by atoms with Gasteiger partial charge in [0.15, 0.2) is 5.78 Å². The second-order valence-electron chi connectivity index (χ2n) is 3.12. The Hall–Kier alpha value is -1.62. The van der Waals surface area contributed by atoms with Crippen LogP contribution in [0.25, 0.3) is 0 Å². The van der Waals surface area contributed by atoms with Crippen LogP contribution in [-0.2, 0) is 9.59 Å². The fraction of sp³-hybridized carbons (Fsp3) is 0.333. The second-order valence-corrected chi connectivity index (χ2v) is 3.12. The molecular formula is C9H11NO4. The molecule has 0 saturated carbocycles. The minimum Gasteiger partial charge on any atom is -0.508 e. The van der Waals surface area contributed by atoms with Gasteiger partial charge in [-0.2, -0.15) is 0 Å². The van der Waals surface area contributed by atoms with Crippen molar-refractivity contribution in [3.05, 3.63) is 24.0 Å². The molecule has 0 aromatic rings. The monoisotopic (exact) mass is 197 g/mol. The van der Waals surface area contributed by atoms with Crippen molar-refractivity contribution >= 4 is 11.8 Å². The van der Waals surface area contributed by atoms with Crippen LogP contribution in [0.3, 0.4) is 0 Å². The first kappa shape index (κ1) is 10.5. The van der Waals surface area contributed by atoms with Crippen molar-refractivity contribution in [1.29, 1.82) is 0 Å². The number of hydrogen-bond donors (Lipinski definition) is 3. The van der Waals surface area contributed by atoms with Crippen LogP contribution in [0.15, 0.2) is 24.0 Å². The molecule has 1 aliphatic rings. The van der Waals surface area contributed by atoms with Gasteiger partial charge in [-0.05, 0) is 12.5 Å². The molecule has 14 heavy (non-hydrogen) atoms. The van der Waals surface area contributed by atoms with Gasteiger partial charge in [0, 0.05) is 12.0 Å². The SMILES string of the molecule is NC(CC1C=CC(O)=CC1=O)C(=O)O. The van der Waals surface area contributed by atoms with Gasteiger partial charge in [0.05, 0.1) is 0 Å². The van der Waals surface area contributed by atoms with Crippen LogP contribution in [0.4, 0.5) is 0 Å².